The van der Waals surface area contributed by atoms with Gasteiger partial charge in [0.1, 0.15) is 0 Å². The van der Waals surface area contributed by atoms with Crippen LogP contribution in [-0.2, 0) is 22.4 Å². The van der Waals surface area contributed by atoms with Gasteiger partial charge in [-0.2, -0.15) is 0 Å². The number of nitrogens with one attached hydrogen (secondary N) is 3. The second kappa shape index (κ2) is 7.51. The molecule has 7 heteroatoms. The molecule has 0 saturated carbocycles. The number of aryl methyl sites for hydroxylation is 1. The molecule has 0 aliphatic carbocycles. The van der Waals surface area contributed by atoms with E-state index in [9.17, 15) is 9.59 Å². The van der Waals surface area contributed by atoms with Gasteiger partial charge in [-0.15, -0.1) is 0 Å². The summed E-state index contributed by atoms with van der Waals surface area (Å²) in [6, 6.07) is 15.2. The molecule has 0 unspecified atom stereocenters. The maximum atomic E-state index is 12.4. The Kier molecular flexibility index (Phi) is 4.55. The predicted octanol–water partition coefficient (Wildman–Crippen LogP) is 4.28. The molecule has 1 aliphatic rings. The minimum atomic E-state index is -0.0295. The first-order valence-corrected chi connectivity index (χ1v) is 9.89. The molecular weight excluding hydrogens is 380 g/mol. The lowest BCUT2D eigenvalue weighted by Crippen LogP contribution is -2.11. The number of carbonyl (C=O) groups excluding carboxylic acids is 2. The summed E-state index contributed by atoms with van der Waals surface area (Å²) in [5.41, 5.74) is 5.44. The van der Waals surface area contributed by atoms with Gasteiger partial charge < -0.3 is 20.0 Å². The summed E-state index contributed by atoms with van der Waals surface area (Å²) in [6.07, 6.45) is 3.99. The number of rotatable bonds is 6. The van der Waals surface area contributed by atoms with E-state index in [2.05, 4.69) is 20.6 Å². The minimum Gasteiger partial charge on any atom is -0.461 e. The Bertz CT molecular complexity index is 1240. The molecule has 0 saturated heterocycles. The third kappa shape index (κ3) is 3.69. The number of H-pyrrole nitrogens is 1. The highest BCUT2D eigenvalue weighted by molar-refractivity contribution is 5.99. The molecule has 2 aromatic heterocycles. The maximum absolute atomic E-state index is 12.4. The van der Waals surface area contributed by atoms with Crippen molar-refractivity contribution in [1.82, 2.24) is 9.97 Å². The fourth-order valence-electron chi connectivity index (χ4n) is 3.73. The van der Waals surface area contributed by atoms with E-state index in [1.165, 1.54) is 0 Å². The van der Waals surface area contributed by atoms with E-state index < -0.39 is 0 Å². The average Bonchev–Trinajstić information content (AvgIpc) is 3.45. The molecule has 3 N–H and O–H groups in total. The van der Waals surface area contributed by atoms with Crippen molar-refractivity contribution in [3.8, 4) is 11.6 Å². The van der Waals surface area contributed by atoms with Crippen LogP contribution in [0, 0.1) is 0 Å². The lowest BCUT2D eigenvalue weighted by Gasteiger charge is -2.06. The third-order valence-electron chi connectivity index (χ3n) is 5.18. The van der Waals surface area contributed by atoms with Crippen molar-refractivity contribution in [1.29, 1.82) is 0 Å². The molecule has 3 heterocycles. The summed E-state index contributed by atoms with van der Waals surface area (Å²) >= 11 is 0. The Balaban J connectivity index is 1.18. The number of hydrogen-bond acceptors (Lipinski definition) is 4. The quantitative estimate of drug-likeness (QED) is 0.450. The summed E-state index contributed by atoms with van der Waals surface area (Å²) in [4.78, 5) is 31.5. The Morgan fingerprint density at radius 1 is 1.17 bits per heavy atom. The van der Waals surface area contributed by atoms with Crippen LogP contribution < -0.4 is 10.6 Å². The first-order valence-electron chi connectivity index (χ1n) is 9.89. The molecule has 7 nitrogen and oxygen atoms in total. The van der Waals surface area contributed by atoms with Crippen molar-refractivity contribution in [2.45, 2.75) is 25.7 Å². The fraction of sp³-hybridized carbons (Fsp3) is 0.174. The molecule has 0 bridgehead atoms. The number of imidazole rings is 1. The Labute approximate surface area is 172 Å². The fourth-order valence-corrected chi connectivity index (χ4v) is 3.73. The van der Waals surface area contributed by atoms with Gasteiger partial charge in [-0.05, 0) is 60.4 Å². The van der Waals surface area contributed by atoms with Crippen molar-refractivity contribution < 1.29 is 14.0 Å². The van der Waals surface area contributed by atoms with Gasteiger partial charge in [0, 0.05) is 17.8 Å². The monoisotopic (exact) mass is 400 g/mol. The number of carbonyl (C=O) groups is 2. The van der Waals surface area contributed by atoms with Crippen LogP contribution in [-0.4, -0.2) is 21.8 Å². The number of hydrogen-bond donors (Lipinski definition) is 3. The van der Waals surface area contributed by atoms with E-state index in [1.54, 1.807) is 6.26 Å². The molecule has 2 amide bonds. The SMILES string of the molecule is O=C(CCCc1ccc2c(c1)CC(=O)N2)Nc1ccc2nc(-c3ccco3)[nH]c2c1. The van der Waals surface area contributed by atoms with Crippen molar-refractivity contribution in [3.63, 3.8) is 0 Å². The van der Waals surface area contributed by atoms with Crippen LogP contribution >= 0.6 is 0 Å². The predicted molar refractivity (Wildman–Crippen MR) is 114 cm³/mol. The Morgan fingerprint density at radius 3 is 2.97 bits per heavy atom. The van der Waals surface area contributed by atoms with Gasteiger partial charge in [0.2, 0.25) is 11.8 Å². The smallest absolute Gasteiger partial charge is 0.228 e. The van der Waals surface area contributed by atoms with Gasteiger partial charge in [-0.25, -0.2) is 4.98 Å². The normalized spacial score (nSPS) is 12.7. The Morgan fingerprint density at radius 2 is 2.10 bits per heavy atom. The first kappa shape index (κ1) is 18.2. The zero-order valence-electron chi connectivity index (χ0n) is 16.2. The van der Waals surface area contributed by atoms with Gasteiger partial charge in [0.05, 0.1) is 23.7 Å². The van der Waals surface area contributed by atoms with Gasteiger partial charge in [-0.1, -0.05) is 12.1 Å². The highest BCUT2D eigenvalue weighted by Crippen LogP contribution is 2.25. The van der Waals surface area contributed by atoms with Gasteiger partial charge >= 0.3 is 0 Å². The van der Waals surface area contributed by atoms with Crippen LogP contribution in [0.25, 0.3) is 22.6 Å². The van der Waals surface area contributed by atoms with E-state index >= 15 is 0 Å². The van der Waals surface area contributed by atoms with Crippen molar-refractivity contribution in [2.24, 2.45) is 0 Å². The number of amides is 2. The molecule has 5 rings (SSSR count). The molecule has 0 radical (unpaired) electrons. The number of benzene rings is 2. The topological polar surface area (TPSA) is 100 Å². The van der Waals surface area contributed by atoms with E-state index in [4.69, 9.17) is 4.42 Å². The largest absolute Gasteiger partial charge is 0.461 e. The molecule has 30 heavy (non-hydrogen) atoms. The van der Waals surface area contributed by atoms with Crippen LogP contribution in [0.1, 0.15) is 24.0 Å². The molecule has 150 valence electrons. The number of fused-ring (bicyclic) bond motifs is 2. The standard InChI is InChI=1S/C23H20N4O3/c28-21(5-1-3-14-6-8-17-15(11-14)12-22(29)25-17)24-16-7-9-18-19(13-16)27-23(26-18)20-4-2-10-30-20/h2,4,6-11,13H,1,3,5,12H2,(H,24,28)(H,25,29)(H,26,27). The van der Waals surface area contributed by atoms with Crippen LogP contribution in [0.5, 0.6) is 0 Å². The van der Waals surface area contributed by atoms with Crippen LogP contribution in [0.4, 0.5) is 11.4 Å². The zero-order valence-corrected chi connectivity index (χ0v) is 16.2. The van der Waals surface area contributed by atoms with E-state index in [1.807, 2.05) is 48.5 Å². The van der Waals surface area contributed by atoms with Crippen molar-refractivity contribution in [2.75, 3.05) is 10.6 Å². The Hall–Kier alpha value is -3.87. The van der Waals surface area contributed by atoms with Crippen molar-refractivity contribution >= 4 is 34.2 Å². The van der Waals surface area contributed by atoms with Gasteiger partial charge in [-0.3, -0.25) is 9.59 Å². The van der Waals surface area contributed by atoms with Crippen LogP contribution in [0.2, 0.25) is 0 Å². The molecule has 4 aromatic rings. The molecule has 0 fully saturated rings. The lowest BCUT2D eigenvalue weighted by atomic mass is 10.0. The molecule has 2 aromatic carbocycles. The van der Waals surface area contributed by atoms with Gasteiger partial charge in [0.15, 0.2) is 11.6 Å². The van der Waals surface area contributed by atoms with E-state index in [0.29, 0.717) is 24.4 Å². The number of aromatic amines is 1. The zero-order chi connectivity index (χ0) is 20.5. The van der Waals surface area contributed by atoms with Gasteiger partial charge in [0.25, 0.3) is 0 Å². The maximum Gasteiger partial charge on any atom is 0.228 e. The summed E-state index contributed by atoms with van der Waals surface area (Å²) < 4.78 is 5.37. The summed E-state index contributed by atoms with van der Waals surface area (Å²) in [6.45, 7) is 0. The second-order valence-corrected chi connectivity index (χ2v) is 7.41. The van der Waals surface area contributed by atoms with Crippen LogP contribution in [0.3, 0.4) is 0 Å². The minimum absolute atomic E-state index is 0.0295. The summed E-state index contributed by atoms with van der Waals surface area (Å²) in [5.74, 6) is 1.33. The second-order valence-electron chi connectivity index (χ2n) is 7.41. The number of anilines is 2. The van der Waals surface area contributed by atoms with E-state index in [-0.39, 0.29) is 11.8 Å². The van der Waals surface area contributed by atoms with Crippen molar-refractivity contribution in [3.05, 3.63) is 65.9 Å². The lowest BCUT2D eigenvalue weighted by molar-refractivity contribution is -0.116. The first-order chi connectivity index (χ1) is 14.6. The van der Waals surface area contributed by atoms with Crippen LogP contribution in [0.15, 0.2) is 59.2 Å². The molecule has 0 atom stereocenters. The number of furan rings is 1. The number of aromatic nitrogens is 2. The summed E-state index contributed by atoms with van der Waals surface area (Å²) in [5, 5.41) is 5.78. The highest BCUT2D eigenvalue weighted by atomic mass is 16.3. The molecule has 1 aliphatic heterocycles. The average molecular weight is 400 g/mol. The third-order valence-corrected chi connectivity index (χ3v) is 5.18. The highest BCUT2D eigenvalue weighted by Gasteiger charge is 2.17. The molecule has 0 spiro atoms. The van der Waals surface area contributed by atoms with E-state index in [0.717, 1.165) is 46.4 Å². The number of nitrogens with zero attached hydrogens (tertiary/aromatic N) is 1. The molecular formula is C23H20N4O3. The summed E-state index contributed by atoms with van der Waals surface area (Å²) in [7, 11) is 0.